The number of ether oxygens (including phenoxy) is 1. The second kappa shape index (κ2) is 3.97. The number of carbonyl (C=O) groups excluding carboxylic acids is 1. The summed E-state index contributed by atoms with van der Waals surface area (Å²) in [6.07, 6.45) is 5.21. The SMILES string of the molecule is COC(=O)C(C)C1(O)C=CC(C)(C)CC1. The summed E-state index contributed by atoms with van der Waals surface area (Å²) in [6.45, 7) is 5.94. The predicted molar refractivity (Wildman–Crippen MR) is 58.3 cm³/mol. The van der Waals surface area contributed by atoms with Gasteiger partial charge in [0.15, 0.2) is 0 Å². The molecular weight excluding hydrogens is 192 g/mol. The molecule has 0 radical (unpaired) electrons. The van der Waals surface area contributed by atoms with E-state index in [1.165, 1.54) is 7.11 Å². The maximum Gasteiger partial charge on any atom is 0.311 e. The van der Waals surface area contributed by atoms with Crippen molar-refractivity contribution in [2.24, 2.45) is 11.3 Å². The molecule has 0 aromatic rings. The molecule has 0 bridgehead atoms. The summed E-state index contributed by atoms with van der Waals surface area (Å²) in [6, 6.07) is 0. The average Bonchev–Trinajstić information content (AvgIpc) is 2.21. The first kappa shape index (κ1) is 12.2. The highest BCUT2D eigenvalue weighted by molar-refractivity contribution is 5.73. The number of methoxy groups -OCH3 is 1. The maximum absolute atomic E-state index is 11.4. The van der Waals surface area contributed by atoms with Gasteiger partial charge in [-0.1, -0.05) is 26.0 Å². The molecule has 0 aliphatic heterocycles. The van der Waals surface area contributed by atoms with Crippen LogP contribution in [0.4, 0.5) is 0 Å². The fourth-order valence-corrected chi connectivity index (χ4v) is 1.80. The van der Waals surface area contributed by atoms with Gasteiger partial charge in [-0.3, -0.25) is 4.79 Å². The van der Waals surface area contributed by atoms with Crippen LogP contribution in [0.1, 0.15) is 33.6 Å². The van der Waals surface area contributed by atoms with Gasteiger partial charge in [-0.05, 0) is 25.2 Å². The smallest absolute Gasteiger partial charge is 0.311 e. The van der Waals surface area contributed by atoms with E-state index in [0.717, 1.165) is 6.42 Å². The molecule has 1 N–H and O–H groups in total. The van der Waals surface area contributed by atoms with E-state index >= 15 is 0 Å². The van der Waals surface area contributed by atoms with Crippen LogP contribution in [0, 0.1) is 11.3 Å². The van der Waals surface area contributed by atoms with E-state index in [4.69, 9.17) is 0 Å². The molecule has 2 atom stereocenters. The zero-order chi connectivity index (χ0) is 11.7. The number of hydrogen-bond acceptors (Lipinski definition) is 3. The van der Waals surface area contributed by atoms with Crippen molar-refractivity contribution >= 4 is 5.97 Å². The van der Waals surface area contributed by atoms with Crippen LogP contribution in [0.25, 0.3) is 0 Å². The number of aliphatic hydroxyl groups is 1. The van der Waals surface area contributed by atoms with Crippen molar-refractivity contribution in [1.29, 1.82) is 0 Å². The minimum absolute atomic E-state index is 0.113. The molecule has 0 spiro atoms. The van der Waals surface area contributed by atoms with Crippen molar-refractivity contribution in [2.45, 2.75) is 39.2 Å². The number of allylic oxidation sites excluding steroid dienone is 1. The third-order valence-electron chi connectivity index (χ3n) is 3.30. The van der Waals surface area contributed by atoms with E-state index < -0.39 is 11.5 Å². The lowest BCUT2D eigenvalue weighted by molar-refractivity contribution is -0.152. The highest BCUT2D eigenvalue weighted by Gasteiger charge is 2.40. The van der Waals surface area contributed by atoms with Gasteiger partial charge in [0.05, 0.1) is 18.6 Å². The second-order valence-electron chi connectivity index (χ2n) is 5.06. The lowest BCUT2D eigenvalue weighted by atomic mass is 9.72. The molecule has 3 nitrogen and oxygen atoms in total. The molecular formula is C12H20O3. The van der Waals surface area contributed by atoms with Gasteiger partial charge in [0.25, 0.3) is 0 Å². The first-order valence-corrected chi connectivity index (χ1v) is 5.31. The van der Waals surface area contributed by atoms with E-state index in [1.807, 2.05) is 6.08 Å². The summed E-state index contributed by atoms with van der Waals surface area (Å²) >= 11 is 0. The second-order valence-corrected chi connectivity index (χ2v) is 5.06. The Balaban J connectivity index is 2.82. The van der Waals surface area contributed by atoms with Crippen molar-refractivity contribution in [3.63, 3.8) is 0 Å². The van der Waals surface area contributed by atoms with E-state index in [0.29, 0.717) is 6.42 Å². The number of esters is 1. The fourth-order valence-electron chi connectivity index (χ4n) is 1.80. The monoisotopic (exact) mass is 212 g/mol. The molecule has 0 amide bonds. The first-order valence-electron chi connectivity index (χ1n) is 5.31. The van der Waals surface area contributed by atoms with Crippen molar-refractivity contribution in [1.82, 2.24) is 0 Å². The van der Waals surface area contributed by atoms with Crippen molar-refractivity contribution < 1.29 is 14.6 Å². The van der Waals surface area contributed by atoms with Crippen LogP contribution in [0.15, 0.2) is 12.2 Å². The molecule has 15 heavy (non-hydrogen) atoms. The summed E-state index contributed by atoms with van der Waals surface area (Å²) in [5.74, 6) is -0.864. The Hall–Kier alpha value is -0.830. The highest BCUT2D eigenvalue weighted by Crippen LogP contribution is 2.38. The van der Waals surface area contributed by atoms with Crippen molar-refractivity contribution in [3.05, 3.63) is 12.2 Å². The Morgan fingerprint density at radius 1 is 1.40 bits per heavy atom. The minimum atomic E-state index is -1.04. The van der Waals surface area contributed by atoms with E-state index in [9.17, 15) is 9.90 Å². The van der Waals surface area contributed by atoms with E-state index in [1.54, 1.807) is 13.0 Å². The highest BCUT2D eigenvalue weighted by atomic mass is 16.5. The molecule has 1 aliphatic carbocycles. The van der Waals surface area contributed by atoms with Gasteiger partial charge in [-0.2, -0.15) is 0 Å². The molecule has 3 heteroatoms. The molecule has 2 unspecified atom stereocenters. The first-order chi connectivity index (χ1) is 6.81. The summed E-state index contributed by atoms with van der Waals surface area (Å²) in [7, 11) is 1.35. The molecule has 0 heterocycles. The van der Waals surface area contributed by atoms with E-state index in [-0.39, 0.29) is 11.4 Å². The van der Waals surface area contributed by atoms with Crippen molar-refractivity contribution in [2.75, 3.05) is 7.11 Å². The normalized spacial score (nSPS) is 31.0. The molecule has 1 rings (SSSR count). The Morgan fingerprint density at radius 3 is 2.40 bits per heavy atom. The Bertz CT molecular complexity index is 281. The van der Waals surface area contributed by atoms with Gasteiger partial charge in [0.2, 0.25) is 0 Å². The third-order valence-corrected chi connectivity index (χ3v) is 3.30. The van der Waals surface area contributed by atoms with Crippen LogP contribution in [0.2, 0.25) is 0 Å². The van der Waals surface area contributed by atoms with Gasteiger partial charge < -0.3 is 9.84 Å². The van der Waals surface area contributed by atoms with Gasteiger partial charge >= 0.3 is 5.97 Å². The van der Waals surface area contributed by atoms with Crippen LogP contribution in [0.3, 0.4) is 0 Å². The van der Waals surface area contributed by atoms with Crippen molar-refractivity contribution in [3.8, 4) is 0 Å². The summed E-state index contributed by atoms with van der Waals surface area (Å²) in [5.41, 5.74) is -0.926. The Morgan fingerprint density at radius 2 is 2.00 bits per heavy atom. The molecule has 0 aromatic heterocycles. The fraction of sp³-hybridized carbons (Fsp3) is 0.750. The number of hydrogen-bond donors (Lipinski definition) is 1. The van der Waals surface area contributed by atoms with Crippen LogP contribution in [-0.2, 0) is 9.53 Å². The standard InChI is InChI=1S/C12H20O3/c1-9(10(13)15-4)12(14)7-5-11(2,3)6-8-12/h5,7,9,14H,6,8H2,1-4H3. The third kappa shape index (κ3) is 2.59. The Labute approximate surface area is 91.1 Å². The van der Waals surface area contributed by atoms with Gasteiger partial charge in [0.1, 0.15) is 0 Å². The quantitative estimate of drug-likeness (QED) is 0.561. The lowest BCUT2D eigenvalue weighted by Crippen LogP contribution is -2.42. The number of carbonyl (C=O) groups is 1. The molecule has 0 aromatic carbocycles. The summed E-state index contributed by atoms with van der Waals surface area (Å²) < 4.78 is 4.65. The topological polar surface area (TPSA) is 46.5 Å². The molecule has 86 valence electrons. The average molecular weight is 212 g/mol. The molecule has 0 fully saturated rings. The Kier molecular flexibility index (Phi) is 3.24. The minimum Gasteiger partial charge on any atom is -0.469 e. The van der Waals surface area contributed by atoms with Crippen LogP contribution < -0.4 is 0 Å². The van der Waals surface area contributed by atoms with E-state index in [2.05, 4.69) is 18.6 Å². The summed E-state index contributed by atoms with van der Waals surface area (Å²) in [5, 5.41) is 10.3. The number of rotatable bonds is 2. The largest absolute Gasteiger partial charge is 0.469 e. The van der Waals surface area contributed by atoms with Gasteiger partial charge in [0, 0.05) is 0 Å². The van der Waals surface area contributed by atoms with Gasteiger partial charge in [-0.25, -0.2) is 0 Å². The summed E-state index contributed by atoms with van der Waals surface area (Å²) in [4.78, 5) is 11.4. The predicted octanol–water partition coefficient (Wildman–Crippen LogP) is 1.90. The zero-order valence-corrected chi connectivity index (χ0v) is 9.91. The maximum atomic E-state index is 11.4. The molecule has 1 aliphatic rings. The van der Waals surface area contributed by atoms with Crippen LogP contribution in [0.5, 0.6) is 0 Å². The zero-order valence-electron chi connectivity index (χ0n) is 9.91. The van der Waals surface area contributed by atoms with Crippen LogP contribution >= 0.6 is 0 Å². The van der Waals surface area contributed by atoms with Gasteiger partial charge in [-0.15, -0.1) is 0 Å². The molecule has 0 saturated carbocycles. The lowest BCUT2D eigenvalue weighted by Gasteiger charge is -2.37. The molecule has 0 saturated heterocycles. The van der Waals surface area contributed by atoms with Crippen LogP contribution in [-0.4, -0.2) is 23.8 Å².